The van der Waals surface area contributed by atoms with Crippen molar-refractivity contribution in [1.29, 1.82) is 0 Å². The predicted octanol–water partition coefficient (Wildman–Crippen LogP) is 16.6. The minimum atomic E-state index is -1.04. The number of hydrogen-bond donors (Lipinski definition) is 3. The number of oxazole rings is 4. The number of methoxy groups -OCH3 is 10. The molecule has 20 rings (SSSR count). The quantitative estimate of drug-likeness (QED) is 0.0257. The van der Waals surface area contributed by atoms with Crippen molar-refractivity contribution in [2.75, 3.05) is 90.7 Å². The summed E-state index contributed by atoms with van der Waals surface area (Å²) in [6.07, 6.45) is 7.40. The number of esters is 2. The SMILES string of the molecule is COC(=O)[C@@H]1Cc2c(ccc(OC)c2O)CN1c1nc2ccc(F)cc2o1.COC(=O)[C@@H]1Cc2c(ccc(OC)c2OCc2ccc(OC)nc2)CN1c1nc2ccc(F)cc2o1.COc1ccc(CCl)cn1.COc1ccc(COc2c(OC)ccc3c2C[C@@H](C(=O)O)N(c2nc4ccc(F)cc4o2)C3)cn1.COc1ccc(COc2c(OC)ccc3c2C[C@@H](C(=O)O)N(c2nc4ccc(F)cc4o2)C3)cn1. The van der Waals surface area contributed by atoms with Crippen LogP contribution in [-0.4, -0.2) is 174 Å². The summed E-state index contributed by atoms with van der Waals surface area (Å²) in [5.41, 5.74) is 12.8. The third kappa shape index (κ3) is 22.2. The topological polar surface area (TPSA) is 418 Å². The molecule has 0 amide bonds. The molecular weight excluding hydrogens is 1890 g/mol. The number of ether oxygens (including phenoxy) is 13. The number of fused-ring (bicyclic) bond motifs is 8. The van der Waals surface area contributed by atoms with E-state index < -0.39 is 71.3 Å². The second kappa shape index (κ2) is 44.4. The number of carboxylic acids is 2. The van der Waals surface area contributed by atoms with Gasteiger partial charge in [-0.15, -0.1) is 11.6 Å². The van der Waals surface area contributed by atoms with E-state index in [1.54, 1.807) is 122 Å². The number of rotatable bonds is 26. The number of aromatic nitrogens is 8. The fourth-order valence-electron chi connectivity index (χ4n) is 16.5. The molecule has 16 aromatic rings. The van der Waals surface area contributed by atoms with Gasteiger partial charge in [0, 0.05) is 170 Å². The van der Waals surface area contributed by atoms with Crippen LogP contribution in [0.5, 0.6) is 69.5 Å². The van der Waals surface area contributed by atoms with Gasteiger partial charge < -0.3 is 114 Å². The molecule has 143 heavy (non-hydrogen) atoms. The van der Waals surface area contributed by atoms with Gasteiger partial charge in [-0.1, -0.05) is 30.3 Å². The molecule has 8 aromatic carbocycles. The molecule has 8 aromatic heterocycles. The van der Waals surface area contributed by atoms with Crippen molar-refractivity contribution in [2.45, 2.75) is 102 Å². The molecule has 0 spiro atoms. The number of carbonyl (C=O) groups excluding carboxylic acids is 2. The Bertz CT molecular complexity index is 7050. The van der Waals surface area contributed by atoms with Crippen molar-refractivity contribution >= 4 is 104 Å². The van der Waals surface area contributed by atoms with Gasteiger partial charge in [0.25, 0.3) is 24.1 Å². The number of phenolic OH excluding ortho intramolecular Hbond substituents is 1. The Morgan fingerprint density at radius 2 is 0.608 bits per heavy atom. The fraction of sp³-hybridized carbons (Fsp3) is 0.255. The van der Waals surface area contributed by atoms with Crippen molar-refractivity contribution in [2.24, 2.45) is 0 Å². The molecule has 4 aliphatic rings. The molecule has 12 heterocycles. The Morgan fingerprint density at radius 1 is 0.343 bits per heavy atom. The minimum Gasteiger partial charge on any atom is -0.504 e. The molecule has 0 bridgehead atoms. The number of nitrogens with zero attached hydrogens (tertiary/aromatic N) is 12. The van der Waals surface area contributed by atoms with Crippen LogP contribution in [0, 0.1) is 23.3 Å². The first-order valence-electron chi connectivity index (χ1n) is 44.1. The van der Waals surface area contributed by atoms with E-state index >= 15 is 0 Å². The van der Waals surface area contributed by atoms with E-state index in [9.17, 15) is 52.1 Å². The molecule has 0 radical (unpaired) electrons. The van der Waals surface area contributed by atoms with Gasteiger partial charge in [-0.25, -0.2) is 56.7 Å². The molecular formula is C102H93ClF4N12O24. The smallest absolute Gasteiger partial charge is 0.329 e. The number of aliphatic carboxylic acids is 2. The summed E-state index contributed by atoms with van der Waals surface area (Å²) in [4.78, 5) is 90.4. The van der Waals surface area contributed by atoms with Gasteiger partial charge in [0.2, 0.25) is 23.5 Å². The summed E-state index contributed by atoms with van der Waals surface area (Å²) in [5, 5.41) is 30.5. The van der Waals surface area contributed by atoms with Crippen LogP contribution in [-0.2, 0) is 106 Å². The van der Waals surface area contributed by atoms with Gasteiger partial charge in [-0.2, -0.15) is 19.9 Å². The zero-order valence-electron chi connectivity index (χ0n) is 78.4. The maximum absolute atomic E-state index is 13.7. The third-order valence-electron chi connectivity index (χ3n) is 23.8. The lowest BCUT2D eigenvalue weighted by Crippen LogP contribution is -2.46. The molecule has 41 heteroatoms. The number of halogens is 5. The number of hydrogen-bond acceptors (Lipinski definition) is 34. The van der Waals surface area contributed by atoms with Crippen molar-refractivity contribution in [3.63, 3.8) is 0 Å². The molecule has 0 unspecified atom stereocenters. The molecule has 3 N–H and O–H groups in total. The predicted molar refractivity (Wildman–Crippen MR) is 509 cm³/mol. The number of aromatic hydroxyl groups is 1. The Kier molecular flexibility index (Phi) is 30.7. The number of alkyl halides is 1. The van der Waals surface area contributed by atoms with E-state index in [0.29, 0.717) is 109 Å². The van der Waals surface area contributed by atoms with E-state index in [1.165, 1.54) is 108 Å². The summed E-state index contributed by atoms with van der Waals surface area (Å²) in [6.45, 7) is 1.66. The third-order valence-corrected chi connectivity index (χ3v) is 24.1. The van der Waals surface area contributed by atoms with Crippen molar-refractivity contribution in [3.8, 4) is 69.5 Å². The zero-order chi connectivity index (χ0) is 101. The Morgan fingerprint density at radius 3 is 0.867 bits per heavy atom. The second-order valence-electron chi connectivity index (χ2n) is 32.3. The van der Waals surface area contributed by atoms with Crippen LogP contribution in [0.15, 0.2) is 212 Å². The van der Waals surface area contributed by atoms with Crippen molar-refractivity contribution < 1.29 is 131 Å². The number of anilines is 4. The molecule has 4 atom stereocenters. The minimum absolute atomic E-state index is 0.00295. The van der Waals surface area contributed by atoms with Gasteiger partial charge >= 0.3 is 23.9 Å². The standard InChI is InChI=1S/C26H24FN3O6.2C25H22FN3O6.C19H17FN2O5.C7H8ClNO/c1-32-21-8-5-16-13-30(26-29-19-7-6-17(27)10-22(19)36-26)20(25(31)34-3)11-18(16)24(21)35-14-15-4-9-23(33-2)28-12-15;2*1-32-20-7-4-15-12-29(25-28-18-6-5-16(26)9-21(18)35-25)19(24(30)31)10-17(15)23(20)34-13-14-3-8-22(33-2)27-11-14;1-25-15-6-3-10-9-22(14(18(24)26-2)8-12(10)17(15)23)19-21-13-5-4-11(20)7-16(13)27-19;1-10-7-3-2-6(4-8)5-9-7/h4-10,12,20H,11,13-14H2,1-3H3;2*3-9,11,19H,10,12-13H2,1-2H3,(H,30,31);3-7,14,23H,8-9H2,1-2H3;2-3,5H,4H2,1H3/t20-;2*19-;14-;/m0000./s1. The number of carboxylic acid groups (broad SMARTS) is 2. The molecule has 0 fully saturated rings. The fourth-order valence-corrected chi connectivity index (χ4v) is 16.7. The van der Waals surface area contributed by atoms with Crippen LogP contribution in [0.3, 0.4) is 0 Å². The lowest BCUT2D eigenvalue weighted by Gasteiger charge is -2.35. The van der Waals surface area contributed by atoms with Gasteiger partial charge in [0.1, 0.15) is 89.3 Å². The Labute approximate surface area is 817 Å². The van der Waals surface area contributed by atoms with Crippen LogP contribution in [0.25, 0.3) is 44.4 Å². The summed E-state index contributed by atoms with van der Waals surface area (Å²) >= 11 is 5.54. The summed E-state index contributed by atoms with van der Waals surface area (Å²) in [7, 11) is 14.9. The number of carbonyl (C=O) groups is 4. The van der Waals surface area contributed by atoms with Gasteiger partial charge in [-0.3, -0.25) is 0 Å². The highest BCUT2D eigenvalue weighted by Crippen LogP contribution is 2.47. The molecule has 4 aliphatic heterocycles. The normalized spacial score (nSPS) is 14.8. The maximum atomic E-state index is 13.7. The van der Waals surface area contributed by atoms with Gasteiger partial charge in [0.05, 0.1) is 71.1 Å². The lowest BCUT2D eigenvalue weighted by molar-refractivity contribution is -0.143. The average molecular weight is 1980 g/mol. The first-order valence-corrected chi connectivity index (χ1v) is 44.6. The first kappa shape index (κ1) is 99.0. The summed E-state index contributed by atoms with van der Waals surface area (Å²) in [5.74, 6) is 1.18. The van der Waals surface area contributed by atoms with E-state index in [-0.39, 0.29) is 112 Å². The van der Waals surface area contributed by atoms with E-state index in [2.05, 4.69) is 39.9 Å². The van der Waals surface area contributed by atoms with Gasteiger partial charge in [-0.05, 0) is 119 Å². The average Bonchev–Trinajstić information content (AvgIpc) is 1.74. The molecule has 740 valence electrons. The zero-order valence-corrected chi connectivity index (χ0v) is 79.2. The van der Waals surface area contributed by atoms with E-state index in [4.69, 9.17) is 90.8 Å². The highest BCUT2D eigenvalue weighted by molar-refractivity contribution is 6.17. The first-order chi connectivity index (χ1) is 69.3. The Hall–Kier alpha value is -17.1. The molecule has 0 aliphatic carbocycles. The number of phenols is 1. The van der Waals surface area contributed by atoms with Crippen LogP contribution >= 0.6 is 11.6 Å². The highest BCUT2D eigenvalue weighted by Gasteiger charge is 2.43. The van der Waals surface area contributed by atoms with Crippen LogP contribution in [0.1, 0.15) is 66.8 Å². The Balaban J connectivity index is 0.000000133. The number of pyridine rings is 4. The summed E-state index contributed by atoms with van der Waals surface area (Å²) in [6, 6.07) is 42.3. The van der Waals surface area contributed by atoms with Crippen molar-refractivity contribution in [1.82, 2.24) is 39.9 Å². The van der Waals surface area contributed by atoms with Crippen LogP contribution in [0.4, 0.5) is 41.6 Å². The lowest BCUT2D eigenvalue weighted by atomic mass is 9.92. The van der Waals surface area contributed by atoms with E-state index in [0.717, 1.165) is 61.2 Å². The number of benzene rings is 8. The van der Waals surface area contributed by atoms with E-state index in [1.807, 2.05) is 54.6 Å². The van der Waals surface area contributed by atoms with Gasteiger partial charge in [0.15, 0.2) is 68.3 Å². The molecule has 0 saturated carbocycles. The second-order valence-corrected chi connectivity index (χ2v) is 32.6. The van der Waals surface area contributed by atoms with Crippen LogP contribution in [0.2, 0.25) is 0 Å². The molecule has 36 nitrogen and oxygen atoms in total. The summed E-state index contributed by atoms with van der Waals surface area (Å²) < 4.78 is 148. The largest absolute Gasteiger partial charge is 0.504 e. The van der Waals surface area contributed by atoms with Crippen LogP contribution < -0.4 is 71.7 Å². The maximum Gasteiger partial charge on any atom is 0.329 e. The molecule has 0 saturated heterocycles. The van der Waals surface area contributed by atoms with Crippen molar-refractivity contribution in [3.05, 3.63) is 285 Å². The highest BCUT2D eigenvalue weighted by atomic mass is 35.5. The monoisotopic (exact) mass is 1980 g/mol.